The van der Waals surface area contributed by atoms with Gasteiger partial charge in [-0.1, -0.05) is 0 Å². The number of likely N-dealkylation sites (tertiary alicyclic amines) is 1. The summed E-state index contributed by atoms with van der Waals surface area (Å²) in [5.41, 5.74) is 0.836. The van der Waals surface area contributed by atoms with Gasteiger partial charge in [0.15, 0.2) is 10.8 Å². The molecule has 1 fully saturated rings. The van der Waals surface area contributed by atoms with E-state index in [1.807, 2.05) is 22.4 Å². The van der Waals surface area contributed by atoms with Crippen LogP contribution < -0.4 is 0 Å². The molecular formula is C13H14N2O2S. The SMILES string of the molecule is O=C(Cc1csc(-c2ccco2)n1)N1CCCC1. The molecule has 0 atom stereocenters. The number of thiazole rings is 1. The fourth-order valence-electron chi connectivity index (χ4n) is 2.13. The normalized spacial score (nSPS) is 15.2. The second-order valence-corrected chi connectivity index (χ2v) is 5.24. The van der Waals surface area contributed by atoms with Crippen LogP contribution in [0.5, 0.6) is 0 Å². The number of amides is 1. The molecule has 5 heteroatoms. The molecule has 0 bridgehead atoms. The fourth-order valence-corrected chi connectivity index (χ4v) is 2.92. The van der Waals surface area contributed by atoms with E-state index in [4.69, 9.17) is 4.42 Å². The summed E-state index contributed by atoms with van der Waals surface area (Å²) in [6.45, 7) is 1.79. The minimum Gasteiger partial charge on any atom is -0.462 e. The predicted octanol–water partition coefficient (Wildman–Crippen LogP) is 2.57. The van der Waals surface area contributed by atoms with Gasteiger partial charge in [-0.15, -0.1) is 11.3 Å². The van der Waals surface area contributed by atoms with Crippen molar-refractivity contribution < 1.29 is 9.21 Å². The largest absolute Gasteiger partial charge is 0.462 e. The van der Waals surface area contributed by atoms with E-state index in [2.05, 4.69) is 4.98 Å². The Balaban J connectivity index is 1.68. The van der Waals surface area contributed by atoms with Gasteiger partial charge in [-0.3, -0.25) is 4.79 Å². The van der Waals surface area contributed by atoms with Gasteiger partial charge in [0, 0.05) is 18.5 Å². The average Bonchev–Trinajstić information content (AvgIpc) is 3.12. The smallest absolute Gasteiger partial charge is 0.228 e. The van der Waals surface area contributed by atoms with Crippen LogP contribution in [0.3, 0.4) is 0 Å². The highest BCUT2D eigenvalue weighted by molar-refractivity contribution is 7.13. The van der Waals surface area contributed by atoms with Crippen LogP contribution in [0.2, 0.25) is 0 Å². The second kappa shape index (κ2) is 4.94. The highest BCUT2D eigenvalue weighted by Crippen LogP contribution is 2.24. The molecule has 3 heterocycles. The second-order valence-electron chi connectivity index (χ2n) is 4.39. The number of hydrogen-bond acceptors (Lipinski definition) is 4. The molecule has 1 aliphatic rings. The van der Waals surface area contributed by atoms with Gasteiger partial charge >= 0.3 is 0 Å². The summed E-state index contributed by atoms with van der Waals surface area (Å²) >= 11 is 1.52. The number of carbonyl (C=O) groups excluding carboxylic acids is 1. The van der Waals surface area contributed by atoms with Crippen molar-refractivity contribution in [3.63, 3.8) is 0 Å². The zero-order valence-corrected chi connectivity index (χ0v) is 10.8. The molecule has 0 saturated carbocycles. The third kappa shape index (κ3) is 2.31. The Morgan fingerprint density at radius 3 is 3.00 bits per heavy atom. The van der Waals surface area contributed by atoms with Crippen molar-refractivity contribution in [3.05, 3.63) is 29.5 Å². The highest BCUT2D eigenvalue weighted by atomic mass is 32.1. The van der Waals surface area contributed by atoms with Crippen molar-refractivity contribution in [1.29, 1.82) is 0 Å². The Hall–Kier alpha value is -1.62. The first-order valence-corrected chi connectivity index (χ1v) is 6.97. The van der Waals surface area contributed by atoms with E-state index in [9.17, 15) is 4.79 Å². The van der Waals surface area contributed by atoms with Crippen LogP contribution in [0, 0.1) is 0 Å². The molecular weight excluding hydrogens is 248 g/mol. The quantitative estimate of drug-likeness (QED) is 0.854. The lowest BCUT2D eigenvalue weighted by atomic mass is 10.3. The van der Waals surface area contributed by atoms with E-state index in [0.717, 1.165) is 42.4 Å². The van der Waals surface area contributed by atoms with Gasteiger partial charge in [0.05, 0.1) is 18.4 Å². The molecule has 0 radical (unpaired) electrons. The van der Waals surface area contributed by atoms with Gasteiger partial charge in [-0.2, -0.15) is 0 Å². The van der Waals surface area contributed by atoms with Crippen LogP contribution in [-0.2, 0) is 11.2 Å². The number of carbonyl (C=O) groups is 1. The monoisotopic (exact) mass is 262 g/mol. The number of nitrogens with zero attached hydrogens (tertiary/aromatic N) is 2. The molecule has 0 unspecified atom stereocenters. The third-order valence-electron chi connectivity index (χ3n) is 3.07. The first kappa shape index (κ1) is 11.5. The lowest BCUT2D eigenvalue weighted by Gasteiger charge is -2.13. The van der Waals surface area contributed by atoms with Crippen molar-refractivity contribution in [3.8, 4) is 10.8 Å². The molecule has 1 amide bonds. The van der Waals surface area contributed by atoms with Gasteiger partial charge in [0.25, 0.3) is 0 Å². The van der Waals surface area contributed by atoms with E-state index in [0.29, 0.717) is 6.42 Å². The molecule has 2 aromatic rings. The summed E-state index contributed by atoms with van der Waals surface area (Å²) in [5.74, 6) is 0.948. The van der Waals surface area contributed by atoms with Gasteiger partial charge in [-0.05, 0) is 25.0 Å². The molecule has 1 aliphatic heterocycles. The van der Waals surface area contributed by atoms with E-state index < -0.39 is 0 Å². The van der Waals surface area contributed by atoms with Crippen LogP contribution in [0.4, 0.5) is 0 Å². The molecule has 94 valence electrons. The Bertz CT molecular complexity index is 527. The van der Waals surface area contributed by atoms with Gasteiger partial charge in [0.2, 0.25) is 5.91 Å². The lowest BCUT2D eigenvalue weighted by molar-refractivity contribution is -0.129. The minimum absolute atomic E-state index is 0.184. The van der Waals surface area contributed by atoms with Crippen LogP contribution >= 0.6 is 11.3 Å². The Labute approximate surface area is 109 Å². The summed E-state index contributed by atoms with van der Waals surface area (Å²) in [5, 5.41) is 2.77. The molecule has 0 aliphatic carbocycles. The Morgan fingerprint density at radius 1 is 1.44 bits per heavy atom. The fraction of sp³-hybridized carbons (Fsp3) is 0.385. The van der Waals surface area contributed by atoms with Crippen LogP contribution in [0.1, 0.15) is 18.5 Å². The summed E-state index contributed by atoms with van der Waals surface area (Å²) in [6, 6.07) is 3.72. The molecule has 0 spiro atoms. The molecule has 2 aromatic heterocycles. The van der Waals surface area contributed by atoms with Crippen molar-refractivity contribution in [2.75, 3.05) is 13.1 Å². The van der Waals surface area contributed by atoms with Gasteiger partial charge in [0.1, 0.15) is 0 Å². The topological polar surface area (TPSA) is 46.3 Å². The molecule has 0 aromatic carbocycles. The van der Waals surface area contributed by atoms with E-state index >= 15 is 0 Å². The molecule has 1 saturated heterocycles. The van der Waals surface area contributed by atoms with Gasteiger partial charge in [-0.25, -0.2) is 4.98 Å². The molecule has 4 nitrogen and oxygen atoms in total. The summed E-state index contributed by atoms with van der Waals surface area (Å²) in [6.07, 6.45) is 4.28. The maximum atomic E-state index is 12.0. The molecule has 18 heavy (non-hydrogen) atoms. The van der Waals surface area contributed by atoms with Crippen LogP contribution in [-0.4, -0.2) is 28.9 Å². The average molecular weight is 262 g/mol. The maximum absolute atomic E-state index is 12.0. The van der Waals surface area contributed by atoms with Crippen molar-refractivity contribution >= 4 is 17.2 Å². The number of furan rings is 1. The summed E-state index contributed by atoms with van der Waals surface area (Å²) < 4.78 is 5.29. The minimum atomic E-state index is 0.184. The van der Waals surface area contributed by atoms with Gasteiger partial charge < -0.3 is 9.32 Å². The predicted molar refractivity (Wildman–Crippen MR) is 69.3 cm³/mol. The van der Waals surface area contributed by atoms with Crippen molar-refractivity contribution in [2.45, 2.75) is 19.3 Å². The number of hydrogen-bond donors (Lipinski definition) is 0. The first-order valence-electron chi connectivity index (χ1n) is 6.09. The third-order valence-corrected chi connectivity index (χ3v) is 3.98. The zero-order valence-electron chi connectivity index (χ0n) is 9.96. The molecule has 0 N–H and O–H groups in total. The van der Waals surface area contributed by atoms with Crippen LogP contribution in [0.15, 0.2) is 28.2 Å². The molecule has 3 rings (SSSR count). The Morgan fingerprint density at radius 2 is 2.28 bits per heavy atom. The number of rotatable bonds is 3. The van der Waals surface area contributed by atoms with Crippen molar-refractivity contribution in [1.82, 2.24) is 9.88 Å². The summed E-state index contributed by atoms with van der Waals surface area (Å²) in [4.78, 5) is 18.3. The lowest BCUT2D eigenvalue weighted by Crippen LogP contribution is -2.29. The first-order chi connectivity index (χ1) is 8.83. The Kier molecular flexibility index (Phi) is 3.15. The maximum Gasteiger partial charge on any atom is 0.228 e. The van der Waals surface area contributed by atoms with Crippen molar-refractivity contribution in [2.24, 2.45) is 0 Å². The number of aromatic nitrogens is 1. The zero-order chi connectivity index (χ0) is 12.4. The highest BCUT2D eigenvalue weighted by Gasteiger charge is 2.19. The van der Waals surface area contributed by atoms with E-state index in [1.165, 1.54) is 11.3 Å². The van der Waals surface area contributed by atoms with E-state index in [-0.39, 0.29) is 5.91 Å². The standard InChI is InChI=1S/C13H14N2O2S/c16-12(15-5-1-2-6-15)8-10-9-18-13(14-10)11-4-3-7-17-11/h3-4,7,9H,1-2,5-6,8H2. The van der Waals surface area contributed by atoms with E-state index in [1.54, 1.807) is 6.26 Å². The van der Waals surface area contributed by atoms with Crippen LogP contribution in [0.25, 0.3) is 10.8 Å². The summed E-state index contributed by atoms with van der Waals surface area (Å²) in [7, 11) is 0.